The number of nitrogens with zero attached hydrogens (tertiary/aromatic N) is 1. The van der Waals surface area contributed by atoms with Crippen molar-refractivity contribution in [1.29, 1.82) is 0 Å². The zero-order valence-corrected chi connectivity index (χ0v) is 10.3. The molecule has 0 aromatic heterocycles. The van der Waals surface area contributed by atoms with E-state index in [1.165, 1.54) is 0 Å². The standard InChI is InChI=1S/C12H15N3OS/c13-12(17)9-2-4-10(5-3-9)15-7-1-6-14-11(16)8-15/h2-5H,1,6-8H2,(H2,13,17)(H,14,16). The fourth-order valence-electron chi connectivity index (χ4n) is 1.86. The molecule has 0 radical (unpaired) electrons. The van der Waals surface area contributed by atoms with Gasteiger partial charge in [0, 0.05) is 24.3 Å². The number of benzene rings is 1. The monoisotopic (exact) mass is 249 g/mol. The highest BCUT2D eigenvalue weighted by Crippen LogP contribution is 2.16. The molecular weight excluding hydrogens is 234 g/mol. The van der Waals surface area contributed by atoms with E-state index in [1.807, 2.05) is 24.3 Å². The van der Waals surface area contributed by atoms with Gasteiger partial charge < -0.3 is 16.0 Å². The summed E-state index contributed by atoms with van der Waals surface area (Å²) in [6, 6.07) is 7.68. The Bertz CT molecular complexity index is 430. The van der Waals surface area contributed by atoms with Gasteiger partial charge in [0.15, 0.2) is 0 Å². The van der Waals surface area contributed by atoms with Crippen molar-refractivity contribution in [2.24, 2.45) is 5.73 Å². The Morgan fingerprint density at radius 1 is 1.35 bits per heavy atom. The number of amides is 1. The van der Waals surface area contributed by atoms with Crippen LogP contribution in [-0.4, -0.2) is 30.5 Å². The average Bonchev–Trinajstić information content (AvgIpc) is 2.54. The second kappa shape index (κ2) is 5.14. The number of nitrogens with one attached hydrogen (secondary N) is 1. The third-order valence-corrected chi connectivity index (χ3v) is 3.01. The van der Waals surface area contributed by atoms with E-state index < -0.39 is 0 Å². The first-order valence-electron chi connectivity index (χ1n) is 5.58. The van der Waals surface area contributed by atoms with Crippen LogP contribution in [0.4, 0.5) is 5.69 Å². The van der Waals surface area contributed by atoms with Crippen molar-refractivity contribution < 1.29 is 4.79 Å². The van der Waals surface area contributed by atoms with Crippen LogP contribution >= 0.6 is 12.2 Å². The summed E-state index contributed by atoms with van der Waals surface area (Å²) >= 11 is 4.90. The molecule has 0 aliphatic carbocycles. The molecule has 0 spiro atoms. The van der Waals surface area contributed by atoms with E-state index >= 15 is 0 Å². The number of anilines is 1. The van der Waals surface area contributed by atoms with Crippen molar-refractivity contribution in [2.75, 3.05) is 24.5 Å². The maximum Gasteiger partial charge on any atom is 0.239 e. The van der Waals surface area contributed by atoms with Crippen LogP contribution in [-0.2, 0) is 4.79 Å². The average molecular weight is 249 g/mol. The topological polar surface area (TPSA) is 58.4 Å². The summed E-state index contributed by atoms with van der Waals surface area (Å²) in [6.07, 6.45) is 0.961. The minimum atomic E-state index is 0.0703. The molecule has 1 aliphatic rings. The van der Waals surface area contributed by atoms with Gasteiger partial charge in [0.2, 0.25) is 5.91 Å². The normalized spacial score (nSPS) is 16.2. The van der Waals surface area contributed by atoms with E-state index in [1.54, 1.807) is 0 Å². The largest absolute Gasteiger partial charge is 0.389 e. The fraction of sp³-hybridized carbons (Fsp3) is 0.333. The molecule has 5 heteroatoms. The lowest BCUT2D eigenvalue weighted by molar-refractivity contribution is -0.119. The van der Waals surface area contributed by atoms with Crippen LogP contribution in [0.25, 0.3) is 0 Å². The molecule has 1 saturated heterocycles. The Labute approximate surface area is 106 Å². The first-order chi connectivity index (χ1) is 8.16. The molecule has 0 atom stereocenters. The molecule has 0 bridgehead atoms. The Kier molecular flexibility index (Phi) is 3.58. The van der Waals surface area contributed by atoms with E-state index in [0.29, 0.717) is 11.5 Å². The van der Waals surface area contributed by atoms with Gasteiger partial charge in [-0.15, -0.1) is 0 Å². The van der Waals surface area contributed by atoms with Gasteiger partial charge in [0.05, 0.1) is 6.54 Å². The second-order valence-electron chi connectivity index (χ2n) is 4.04. The molecule has 1 amide bonds. The second-order valence-corrected chi connectivity index (χ2v) is 4.48. The summed E-state index contributed by atoms with van der Waals surface area (Å²) in [4.78, 5) is 13.9. The minimum absolute atomic E-state index is 0.0703. The Morgan fingerprint density at radius 2 is 2.06 bits per heavy atom. The van der Waals surface area contributed by atoms with Crippen molar-refractivity contribution in [3.63, 3.8) is 0 Å². The van der Waals surface area contributed by atoms with Crippen LogP contribution in [0.1, 0.15) is 12.0 Å². The molecule has 1 aromatic rings. The van der Waals surface area contributed by atoms with Crippen LogP contribution in [0, 0.1) is 0 Å². The van der Waals surface area contributed by atoms with Gasteiger partial charge in [-0.2, -0.15) is 0 Å². The summed E-state index contributed by atoms with van der Waals surface area (Å²) in [7, 11) is 0. The van der Waals surface area contributed by atoms with Gasteiger partial charge in [-0.1, -0.05) is 12.2 Å². The minimum Gasteiger partial charge on any atom is -0.389 e. The summed E-state index contributed by atoms with van der Waals surface area (Å²) in [6.45, 7) is 2.04. The lowest BCUT2D eigenvalue weighted by Gasteiger charge is -2.21. The van der Waals surface area contributed by atoms with Gasteiger partial charge in [-0.3, -0.25) is 4.79 Å². The molecule has 1 heterocycles. The van der Waals surface area contributed by atoms with Gasteiger partial charge in [-0.25, -0.2) is 0 Å². The summed E-state index contributed by atoms with van der Waals surface area (Å²) in [5, 5.41) is 2.85. The molecule has 4 nitrogen and oxygen atoms in total. The molecule has 0 saturated carbocycles. The van der Waals surface area contributed by atoms with Crippen LogP contribution in [0.2, 0.25) is 0 Å². The molecule has 2 rings (SSSR count). The lowest BCUT2D eigenvalue weighted by Crippen LogP contribution is -2.33. The lowest BCUT2D eigenvalue weighted by atomic mass is 10.2. The van der Waals surface area contributed by atoms with Gasteiger partial charge in [-0.05, 0) is 30.7 Å². The third kappa shape index (κ3) is 2.94. The Balaban J connectivity index is 2.15. The van der Waals surface area contributed by atoms with Crippen molar-refractivity contribution in [3.05, 3.63) is 29.8 Å². The first-order valence-corrected chi connectivity index (χ1v) is 5.99. The van der Waals surface area contributed by atoms with Gasteiger partial charge in [0.25, 0.3) is 0 Å². The van der Waals surface area contributed by atoms with Crippen molar-refractivity contribution in [2.45, 2.75) is 6.42 Å². The number of hydrogen-bond acceptors (Lipinski definition) is 3. The molecular formula is C12H15N3OS. The molecule has 0 unspecified atom stereocenters. The molecule has 1 fully saturated rings. The molecule has 3 N–H and O–H groups in total. The smallest absolute Gasteiger partial charge is 0.239 e. The summed E-state index contributed by atoms with van der Waals surface area (Å²) in [5.74, 6) is 0.0703. The van der Waals surface area contributed by atoms with E-state index in [2.05, 4.69) is 10.2 Å². The van der Waals surface area contributed by atoms with Crippen LogP contribution in [0.5, 0.6) is 0 Å². The predicted octanol–water partition coefficient (Wildman–Crippen LogP) is 0.647. The number of carbonyl (C=O) groups excluding carboxylic acids is 1. The van der Waals surface area contributed by atoms with Crippen molar-refractivity contribution in [1.82, 2.24) is 5.32 Å². The van der Waals surface area contributed by atoms with Gasteiger partial charge >= 0.3 is 0 Å². The Hall–Kier alpha value is -1.62. The highest BCUT2D eigenvalue weighted by Gasteiger charge is 2.14. The predicted molar refractivity (Wildman–Crippen MR) is 72.2 cm³/mol. The van der Waals surface area contributed by atoms with Crippen molar-refractivity contribution in [3.8, 4) is 0 Å². The maximum atomic E-state index is 11.4. The third-order valence-electron chi connectivity index (χ3n) is 2.78. The summed E-state index contributed by atoms with van der Waals surface area (Å²) < 4.78 is 0. The van der Waals surface area contributed by atoms with Gasteiger partial charge in [0.1, 0.15) is 4.99 Å². The zero-order chi connectivity index (χ0) is 12.3. The van der Waals surface area contributed by atoms with E-state index in [9.17, 15) is 4.79 Å². The maximum absolute atomic E-state index is 11.4. The number of thiocarbonyl (C=S) groups is 1. The quantitative estimate of drug-likeness (QED) is 0.756. The number of nitrogens with two attached hydrogens (primary N) is 1. The van der Waals surface area contributed by atoms with E-state index in [0.717, 1.165) is 30.8 Å². The van der Waals surface area contributed by atoms with Crippen molar-refractivity contribution >= 4 is 28.8 Å². The first kappa shape index (κ1) is 11.9. The fourth-order valence-corrected chi connectivity index (χ4v) is 2.00. The molecule has 17 heavy (non-hydrogen) atoms. The zero-order valence-electron chi connectivity index (χ0n) is 9.48. The highest BCUT2D eigenvalue weighted by atomic mass is 32.1. The van der Waals surface area contributed by atoms with Crippen LogP contribution in [0.15, 0.2) is 24.3 Å². The number of carbonyl (C=O) groups is 1. The summed E-state index contributed by atoms with van der Waals surface area (Å²) in [5.41, 5.74) is 7.42. The number of rotatable bonds is 2. The Morgan fingerprint density at radius 3 is 2.71 bits per heavy atom. The van der Waals surface area contributed by atoms with Crippen LogP contribution < -0.4 is 16.0 Å². The number of hydrogen-bond donors (Lipinski definition) is 2. The molecule has 90 valence electrons. The molecule has 1 aliphatic heterocycles. The highest BCUT2D eigenvalue weighted by molar-refractivity contribution is 7.80. The van der Waals surface area contributed by atoms with E-state index in [4.69, 9.17) is 18.0 Å². The van der Waals surface area contributed by atoms with E-state index in [-0.39, 0.29) is 5.91 Å². The SMILES string of the molecule is NC(=S)c1ccc(N2CCCNC(=O)C2)cc1. The van der Waals surface area contributed by atoms with Crippen LogP contribution in [0.3, 0.4) is 0 Å². The molecule has 1 aromatic carbocycles.